The van der Waals surface area contributed by atoms with Crippen LogP contribution in [0.4, 0.5) is 4.79 Å². The smallest absolute Gasteiger partial charge is 0.407 e. The fraction of sp³-hybridized carbons (Fsp3) is 0.923. The molecular weight excluding hydrogens is 218 g/mol. The van der Waals surface area contributed by atoms with Crippen molar-refractivity contribution in [1.82, 2.24) is 5.32 Å². The second-order valence-electron chi connectivity index (χ2n) is 6.00. The molecule has 0 aromatic carbocycles. The molecule has 0 aromatic heterocycles. The number of ether oxygens (including phenoxy) is 1. The standard InChI is InChI=1S/C13H25NO3/c1-9(10-5-7-11(15)8-6-10)14-12(16)17-13(2,3)4/h9-11,15H,5-8H2,1-4H3,(H,14,16)/t9-,10?,11?/m0/s1. The first kappa shape index (κ1) is 14.3. The van der Waals surface area contributed by atoms with Crippen molar-refractivity contribution < 1.29 is 14.6 Å². The molecular formula is C13H25NO3. The van der Waals surface area contributed by atoms with Crippen LogP contribution < -0.4 is 5.32 Å². The summed E-state index contributed by atoms with van der Waals surface area (Å²) in [5.41, 5.74) is -0.452. The van der Waals surface area contributed by atoms with Crippen molar-refractivity contribution in [3.05, 3.63) is 0 Å². The predicted molar refractivity (Wildman–Crippen MR) is 66.8 cm³/mol. The van der Waals surface area contributed by atoms with E-state index in [1.165, 1.54) is 0 Å². The van der Waals surface area contributed by atoms with Gasteiger partial charge < -0.3 is 15.2 Å². The maximum atomic E-state index is 11.6. The minimum atomic E-state index is -0.452. The van der Waals surface area contributed by atoms with E-state index >= 15 is 0 Å². The topological polar surface area (TPSA) is 58.6 Å². The van der Waals surface area contributed by atoms with Crippen LogP contribution in [0.15, 0.2) is 0 Å². The lowest BCUT2D eigenvalue weighted by Gasteiger charge is -2.31. The second kappa shape index (κ2) is 5.71. The highest BCUT2D eigenvalue weighted by Crippen LogP contribution is 2.26. The Bertz CT molecular complexity index is 252. The van der Waals surface area contributed by atoms with E-state index in [4.69, 9.17) is 4.74 Å². The normalized spacial score (nSPS) is 27.4. The Labute approximate surface area is 104 Å². The minimum Gasteiger partial charge on any atom is -0.444 e. The average molecular weight is 243 g/mol. The lowest BCUT2D eigenvalue weighted by molar-refractivity contribution is 0.0462. The molecule has 100 valence electrons. The van der Waals surface area contributed by atoms with Gasteiger partial charge in [-0.05, 0) is 59.3 Å². The van der Waals surface area contributed by atoms with Crippen LogP contribution in [0.1, 0.15) is 53.4 Å². The molecule has 0 aliphatic heterocycles. The van der Waals surface area contributed by atoms with Crippen LogP contribution in [0.2, 0.25) is 0 Å². The molecule has 1 amide bonds. The van der Waals surface area contributed by atoms with Crippen LogP contribution in [0.25, 0.3) is 0 Å². The van der Waals surface area contributed by atoms with E-state index in [0.717, 1.165) is 25.7 Å². The highest BCUT2D eigenvalue weighted by atomic mass is 16.6. The lowest BCUT2D eigenvalue weighted by atomic mass is 9.83. The molecule has 0 heterocycles. The Balaban J connectivity index is 2.33. The van der Waals surface area contributed by atoms with Gasteiger partial charge in [-0.2, -0.15) is 0 Å². The molecule has 0 spiro atoms. The van der Waals surface area contributed by atoms with E-state index < -0.39 is 5.60 Å². The molecule has 0 aromatic rings. The van der Waals surface area contributed by atoms with E-state index in [1.807, 2.05) is 27.7 Å². The van der Waals surface area contributed by atoms with Gasteiger partial charge in [0.2, 0.25) is 0 Å². The fourth-order valence-corrected chi connectivity index (χ4v) is 2.21. The van der Waals surface area contributed by atoms with Gasteiger partial charge in [0.25, 0.3) is 0 Å². The number of alkyl carbamates (subject to hydrolysis) is 1. The van der Waals surface area contributed by atoms with E-state index in [9.17, 15) is 9.90 Å². The summed E-state index contributed by atoms with van der Waals surface area (Å²) in [6.07, 6.45) is 3.11. The second-order valence-corrected chi connectivity index (χ2v) is 6.00. The highest BCUT2D eigenvalue weighted by Gasteiger charge is 2.26. The molecule has 4 heteroatoms. The number of rotatable bonds is 2. The van der Waals surface area contributed by atoms with Crippen LogP contribution in [0.3, 0.4) is 0 Å². The predicted octanol–water partition coefficient (Wildman–Crippen LogP) is 2.45. The summed E-state index contributed by atoms with van der Waals surface area (Å²) in [5.74, 6) is 0.450. The lowest BCUT2D eigenvalue weighted by Crippen LogP contribution is -2.42. The zero-order valence-electron chi connectivity index (χ0n) is 11.3. The number of hydrogen-bond donors (Lipinski definition) is 2. The summed E-state index contributed by atoms with van der Waals surface area (Å²) in [6, 6.07) is 0.109. The van der Waals surface area contributed by atoms with Gasteiger partial charge in [0, 0.05) is 6.04 Å². The third kappa shape index (κ3) is 5.39. The molecule has 0 unspecified atom stereocenters. The first-order chi connectivity index (χ1) is 7.78. The molecule has 0 bridgehead atoms. The highest BCUT2D eigenvalue weighted by molar-refractivity contribution is 5.68. The van der Waals surface area contributed by atoms with E-state index in [-0.39, 0.29) is 18.2 Å². The maximum absolute atomic E-state index is 11.6. The van der Waals surface area contributed by atoms with Crippen LogP contribution in [-0.4, -0.2) is 28.9 Å². The molecule has 4 nitrogen and oxygen atoms in total. The Hall–Kier alpha value is -0.770. The van der Waals surface area contributed by atoms with Crippen molar-refractivity contribution in [1.29, 1.82) is 0 Å². The number of amides is 1. The van der Waals surface area contributed by atoms with E-state index in [0.29, 0.717) is 5.92 Å². The first-order valence-corrected chi connectivity index (χ1v) is 6.45. The number of aliphatic hydroxyl groups is 1. The summed E-state index contributed by atoms with van der Waals surface area (Å²) >= 11 is 0. The van der Waals surface area contributed by atoms with Gasteiger partial charge in [-0.15, -0.1) is 0 Å². The molecule has 2 N–H and O–H groups in total. The molecule has 1 fully saturated rings. The Morgan fingerprint density at radius 2 is 1.82 bits per heavy atom. The number of aliphatic hydroxyl groups excluding tert-OH is 1. The van der Waals surface area contributed by atoms with Crippen LogP contribution in [0, 0.1) is 5.92 Å². The Morgan fingerprint density at radius 3 is 2.29 bits per heavy atom. The van der Waals surface area contributed by atoms with Gasteiger partial charge in [0.05, 0.1) is 6.10 Å². The SMILES string of the molecule is C[C@H](NC(=O)OC(C)(C)C)C1CCC(O)CC1. The van der Waals surface area contributed by atoms with Crippen molar-refractivity contribution in [2.24, 2.45) is 5.92 Å². The van der Waals surface area contributed by atoms with Crippen LogP contribution >= 0.6 is 0 Å². The van der Waals surface area contributed by atoms with Crippen molar-refractivity contribution in [3.63, 3.8) is 0 Å². The van der Waals surface area contributed by atoms with Crippen molar-refractivity contribution in [2.75, 3.05) is 0 Å². The number of carbonyl (C=O) groups excluding carboxylic acids is 1. The zero-order chi connectivity index (χ0) is 13.1. The average Bonchev–Trinajstić information content (AvgIpc) is 2.15. The van der Waals surface area contributed by atoms with E-state index in [2.05, 4.69) is 5.32 Å². The molecule has 17 heavy (non-hydrogen) atoms. The molecule has 1 atom stereocenters. The van der Waals surface area contributed by atoms with Crippen molar-refractivity contribution in [2.45, 2.75) is 71.1 Å². The third-order valence-corrected chi connectivity index (χ3v) is 3.19. The molecule has 1 saturated carbocycles. The van der Waals surface area contributed by atoms with Crippen molar-refractivity contribution in [3.8, 4) is 0 Å². The largest absolute Gasteiger partial charge is 0.444 e. The Morgan fingerprint density at radius 1 is 1.29 bits per heavy atom. The summed E-state index contributed by atoms with van der Waals surface area (Å²) in [4.78, 5) is 11.6. The van der Waals surface area contributed by atoms with Crippen LogP contribution in [-0.2, 0) is 4.74 Å². The molecule has 1 aliphatic carbocycles. The number of carbonyl (C=O) groups is 1. The van der Waals surface area contributed by atoms with E-state index in [1.54, 1.807) is 0 Å². The molecule has 1 aliphatic rings. The quantitative estimate of drug-likeness (QED) is 0.783. The maximum Gasteiger partial charge on any atom is 0.407 e. The zero-order valence-corrected chi connectivity index (χ0v) is 11.3. The van der Waals surface area contributed by atoms with Gasteiger partial charge in [0.15, 0.2) is 0 Å². The molecule has 0 radical (unpaired) electrons. The van der Waals surface area contributed by atoms with Gasteiger partial charge in [-0.3, -0.25) is 0 Å². The van der Waals surface area contributed by atoms with Gasteiger partial charge in [-0.25, -0.2) is 4.79 Å². The summed E-state index contributed by atoms with van der Waals surface area (Å²) in [5, 5.41) is 12.3. The number of hydrogen-bond acceptors (Lipinski definition) is 3. The summed E-state index contributed by atoms with van der Waals surface area (Å²) in [6.45, 7) is 7.57. The van der Waals surface area contributed by atoms with Gasteiger partial charge >= 0.3 is 6.09 Å². The Kier molecular flexibility index (Phi) is 4.80. The molecule has 0 saturated heterocycles. The fourth-order valence-electron chi connectivity index (χ4n) is 2.21. The minimum absolute atomic E-state index is 0.109. The van der Waals surface area contributed by atoms with Gasteiger partial charge in [0.1, 0.15) is 5.60 Å². The van der Waals surface area contributed by atoms with Crippen LogP contribution in [0.5, 0.6) is 0 Å². The van der Waals surface area contributed by atoms with Gasteiger partial charge in [-0.1, -0.05) is 0 Å². The monoisotopic (exact) mass is 243 g/mol. The first-order valence-electron chi connectivity index (χ1n) is 6.45. The molecule has 1 rings (SSSR count). The third-order valence-electron chi connectivity index (χ3n) is 3.19. The number of nitrogens with one attached hydrogen (secondary N) is 1. The summed E-state index contributed by atoms with van der Waals surface area (Å²) in [7, 11) is 0. The van der Waals surface area contributed by atoms with Crippen molar-refractivity contribution >= 4 is 6.09 Å². The summed E-state index contributed by atoms with van der Waals surface area (Å²) < 4.78 is 5.22.